The Balaban J connectivity index is 1.83. The number of anilines is 1. The standard InChI is InChI=1S/C21H14ClN3O3S/c1-10-3-8-15-14(9-10)18(26)16-17(12-4-6-13(22)7-5-12)25(20(27)19(16)28-15)21-24-23-11(2)29-21/h3-9,17H,1-2H3. The molecule has 2 aromatic heterocycles. The van der Waals surface area contributed by atoms with Gasteiger partial charge in [-0.05, 0) is 43.7 Å². The van der Waals surface area contributed by atoms with Crippen molar-refractivity contribution in [3.63, 3.8) is 0 Å². The van der Waals surface area contributed by atoms with E-state index in [1.807, 2.05) is 19.9 Å². The molecule has 1 aliphatic heterocycles. The van der Waals surface area contributed by atoms with Crippen molar-refractivity contribution in [2.45, 2.75) is 19.9 Å². The SMILES string of the molecule is Cc1ccc2oc3c(c(=O)c2c1)C(c1ccc(Cl)cc1)N(c1nnc(C)s1)C3=O. The zero-order valence-corrected chi connectivity index (χ0v) is 17.0. The summed E-state index contributed by atoms with van der Waals surface area (Å²) in [6.07, 6.45) is 0. The van der Waals surface area contributed by atoms with Crippen molar-refractivity contribution in [1.29, 1.82) is 0 Å². The molecule has 0 spiro atoms. The molecule has 0 saturated heterocycles. The van der Waals surface area contributed by atoms with E-state index in [9.17, 15) is 9.59 Å². The number of nitrogens with zero attached hydrogens (tertiary/aromatic N) is 3. The number of hydrogen-bond acceptors (Lipinski definition) is 6. The highest BCUT2D eigenvalue weighted by molar-refractivity contribution is 7.15. The van der Waals surface area contributed by atoms with E-state index in [0.29, 0.717) is 26.7 Å². The van der Waals surface area contributed by atoms with Crippen LogP contribution in [0.3, 0.4) is 0 Å². The van der Waals surface area contributed by atoms with E-state index in [4.69, 9.17) is 16.0 Å². The van der Waals surface area contributed by atoms with Crippen LogP contribution in [0.25, 0.3) is 11.0 Å². The van der Waals surface area contributed by atoms with Crippen molar-refractivity contribution in [3.8, 4) is 0 Å². The van der Waals surface area contributed by atoms with Crippen LogP contribution in [-0.2, 0) is 0 Å². The molecule has 8 heteroatoms. The molecule has 144 valence electrons. The number of hydrogen-bond donors (Lipinski definition) is 0. The van der Waals surface area contributed by atoms with Gasteiger partial charge in [-0.2, -0.15) is 0 Å². The molecule has 0 radical (unpaired) electrons. The second-order valence-corrected chi connectivity index (χ2v) is 8.50. The Labute approximate surface area is 174 Å². The summed E-state index contributed by atoms with van der Waals surface area (Å²) in [6, 6.07) is 11.7. The first-order valence-electron chi connectivity index (χ1n) is 8.90. The largest absolute Gasteiger partial charge is 0.450 e. The second kappa shape index (κ2) is 6.50. The van der Waals surface area contributed by atoms with Gasteiger partial charge in [-0.1, -0.05) is 46.7 Å². The molecular formula is C21H14ClN3O3S. The van der Waals surface area contributed by atoms with Gasteiger partial charge in [0.25, 0.3) is 5.91 Å². The highest BCUT2D eigenvalue weighted by Gasteiger charge is 2.45. The molecule has 3 heterocycles. The molecule has 0 N–H and O–H groups in total. The second-order valence-electron chi connectivity index (χ2n) is 6.91. The molecule has 1 unspecified atom stereocenters. The molecule has 29 heavy (non-hydrogen) atoms. The summed E-state index contributed by atoms with van der Waals surface area (Å²) in [5.74, 6) is -0.366. The van der Waals surface area contributed by atoms with Crippen molar-refractivity contribution < 1.29 is 9.21 Å². The van der Waals surface area contributed by atoms with Gasteiger partial charge < -0.3 is 4.42 Å². The number of fused-ring (bicyclic) bond motifs is 2. The number of amides is 1. The number of rotatable bonds is 2. The van der Waals surface area contributed by atoms with Gasteiger partial charge in [-0.3, -0.25) is 14.5 Å². The monoisotopic (exact) mass is 423 g/mol. The fourth-order valence-electron chi connectivity index (χ4n) is 3.63. The Morgan fingerprint density at radius 3 is 2.52 bits per heavy atom. The van der Waals surface area contributed by atoms with Gasteiger partial charge in [0.15, 0.2) is 5.43 Å². The zero-order valence-electron chi connectivity index (χ0n) is 15.5. The Morgan fingerprint density at radius 1 is 1.07 bits per heavy atom. The molecule has 1 atom stereocenters. The molecule has 5 rings (SSSR count). The third-order valence-electron chi connectivity index (χ3n) is 4.93. The fourth-order valence-corrected chi connectivity index (χ4v) is 4.47. The Hall–Kier alpha value is -3.03. The number of halogens is 1. The molecule has 0 saturated carbocycles. The normalized spacial score (nSPS) is 15.9. The van der Waals surface area contributed by atoms with Gasteiger partial charge in [0.2, 0.25) is 10.9 Å². The lowest BCUT2D eigenvalue weighted by Crippen LogP contribution is -2.29. The third kappa shape index (κ3) is 2.77. The topological polar surface area (TPSA) is 76.3 Å². The fraction of sp³-hybridized carbons (Fsp3) is 0.143. The molecule has 0 bridgehead atoms. The Morgan fingerprint density at radius 2 is 1.83 bits per heavy atom. The first-order chi connectivity index (χ1) is 13.9. The number of carbonyl (C=O) groups excluding carboxylic acids is 1. The van der Waals surface area contributed by atoms with E-state index in [-0.39, 0.29) is 11.2 Å². The van der Waals surface area contributed by atoms with Crippen LogP contribution >= 0.6 is 22.9 Å². The first kappa shape index (κ1) is 18.0. The van der Waals surface area contributed by atoms with Crippen molar-refractivity contribution in [2.75, 3.05) is 4.90 Å². The van der Waals surface area contributed by atoms with E-state index in [2.05, 4.69) is 10.2 Å². The maximum atomic E-state index is 13.5. The van der Waals surface area contributed by atoms with E-state index in [0.717, 1.165) is 16.1 Å². The van der Waals surface area contributed by atoms with Crippen LogP contribution in [0.15, 0.2) is 51.7 Å². The maximum Gasteiger partial charge on any atom is 0.297 e. The summed E-state index contributed by atoms with van der Waals surface area (Å²) in [6.45, 7) is 3.72. The summed E-state index contributed by atoms with van der Waals surface area (Å²) >= 11 is 7.34. The molecular weight excluding hydrogens is 410 g/mol. The van der Waals surface area contributed by atoms with Crippen LogP contribution in [-0.4, -0.2) is 16.1 Å². The molecule has 0 fully saturated rings. The third-order valence-corrected chi connectivity index (χ3v) is 6.02. The first-order valence-corrected chi connectivity index (χ1v) is 10.1. The van der Waals surface area contributed by atoms with Gasteiger partial charge >= 0.3 is 0 Å². The molecule has 2 aromatic carbocycles. The maximum absolute atomic E-state index is 13.5. The lowest BCUT2D eigenvalue weighted by molar-refractivity contribution is 0.0970. The van der Waals surface area contributed by atoms with Gasteiger partial charge in [-0.25, -0.2) is 0 Å². The summed E-state index contributed by atoms with van der Waals surface area (Å²) in [5, 5.41) is 10.3. The van der Waals surface area contributed by atoms with Gasteiger partial charge in [0, 0.05) is 5.02 Å². The van der Waals surface area contributed by atoms with Crippen LogP contribution in [0.4, 0.5) is 5.13 Å². The summed E-state index contributed by atoms with van der Waals surface area (Å²) in [5.41, 5.74) is 2.16. The lowest BCUT2D eigenvalue weighted by Gasteiger charge is -2.22. The number of aryl methyl sites for hydroxylation is 2. The summed E-state index contributed by atoms with van der Waals surface area (Å²) in [4.78, 5) is 28.3. The van der Waals surface area contributed by atoms with Crippen LogP contribution in [0.2, 0.25) is 5.02 Å². The van der Waals surface area contributed by atoms with Crippen molar-refractivity contribution >= 4 is 44.9 Å². The number of aromatic nitrogens is 2. The van der Waals surface area contributed by atoms with E-state index >= 15 is 0 Å². The van der Waals surface area contributed by atoms with Gasteiger partial charge in [-0.15, -0.1) is 10.2 Å². The highest BCUT2D eigenvalue weighted by atomic mass is 35.5. The van der Waals surface area contributed by atoms with Gasteiger partial charge in [0.1, 0.15) is 10.6 Å². The van der Waals surface area contributed by atoms with Crippen LogP contribution in [0, 0.1) is 13.8 Å². The molecule has 4 aromatic rings. The minimum absolute atomic E-state index is 0.0409. The van der Waals surface area contributed by atoms with Gasteiger partial charge in [0.05, 0.1) is 17.0 Å². The highest BCUT2D eigenvalue weighted by Crippen LogP contribution is 2.42. The predicted molar refractivity (Wildman–Crippen MR) is 112 cm³/mol. The van der Waals surface area contributed by atoms with Crippen molar-refractivity contribution in [3.05, 3.63) is 85.2 Å². The average Bonchev–Trinajstić information content (AvgIpc) is 3.25. The zero-order chi connectivity index (χ0) is 20.3. The summed E-state index contributed by atoms with van der Waals surface area (Å²) < 4.78 is 5.93. The molecule has 1 amide bonds. The Kier molecular flexibility index (Phi) is 4.04. The average molecular weight is 424 g/mol. The predicted octanol–water partition coefficient (Wildman–Crippen LogP) is 4.66. The Bertz CT molecular complexity index is 1340. The van der Waals surface area contributed by atoms with Crippen LogP contribution in [0.5, 0.6) is 0 Å². The molecule has 6 nitrogen and oxygen atoms in total. The van der Waals surface area contributed by atoms with Crippen molar-refractivity contribution in [1.82, 2.24) is 10.2 Å². The number of benzene rings is 2. The quantitative estimate of drug-likeness (QED) is 0.468. The van der Waals surface area contributed by atoms with E-state index in [1.165, 1.54) is 16.2 Å². The minimum atomic E-state index is -0.664. The van der Waals surface area contributed by atoms with E-state index < -0.39 is 11.9 Å². The molecule has 1 aliphatic rings. The lowest BCUT2D eigenvalue weighted by atomic mass is 9.98. The van der Waals surface area contributed by atoms with E-state index in [1.54, 1.807) is 36.4 Å². The minimum Gasteiger partial charge on any atom is -0.450 e. The van der Waals surface area contributed by atoms with Crippen molar-refractivity contribution in [2.24, 2.45) is 0 Å². The molecule has 0 aliphatic carbocycles. The van der Waals surface area contributed by atoms with Crippen LogP contribution in [0.1, 0.15) is 38.3 Å². The number of carbonyl (C=O) groups is 1. The smallest absolute Gasteiger partial charge is 0.297 e. The summed E-state index contributed by atoms with van der Waals surface area (Å²) in [7, 11) is 0. The van der Waals surface area contributed by atoms with Crippen LogP contribution < -0.4 is 10.3 Å².